The highest BCUT2D eigenvalue weighted by atomic mass is 16.5. The van der Waals surface area contributed by atoms with E-state index in [2.05, 4.69) is 39.8 Å². The predicted molar refractivity (Wildman–Crippen MR) is 110 cm³/mol. The van der Waals surface area contributed by atoms with E-state index in [0.717, 1.165) is 11.3 Å². The zero-order valence-electron chi connectivity index (χ0n) is 15.6. The van der Waals surface area contributed by atoms with Crippen LogP contribution in [-0.4, -0.2) is 29.4 Å². The van der Waals surface area contributed by atoms with Gasteiger partial charge >= 0.3 is 6.09 Å². The van der Waals surface area contributed by atoms with Crippen molar-refractivity contribution in [2.45, 2.75) is 12.8 Å². The van der Waals surface area contributed by atoms with Crippen LogP contribution in [0.3, 0.4) is 0 Å². The molecule has 0 bridgehead atoms. The van der Waals surface area contributed by atoms with Crippen LogP contribution in [0, 0.1) is 6.92 Å². The first-order chi connectivity index (χ1) is 13.6. The number of carbonyl (C=O) groups is 1. The number of amides is 1. The molecule has 3 aromatic rings. The normalized spacial score (nSPS) is 12.8. The highest BCUT2D eigenvalue weighted by Crippen LogP contribution is 2.44. The van der Waals surface area contributed by atoms with Crippen LogP contribution < -0.4 is 11.1 Å². The second-order valence-corrected chi connectivity index (χ2v) is 6.76. The first-order valence-electron chi connectivity index (χ1n) is 9.21. The minimum absolute atomic E-state index is 0.0575. The van der Waals surface area contributed by atoms with Crippen molar-refractivity contribution >= 4 is 18.0 Å². The number of nitrogens with one attached hydrogen (secondary N) is 2. The Balaban J connectivity index is 1.35. The van der Waals surface area contributed by atoms with Crippen LogP contribution in [0.2, 0.25) is 0 Å². The third-order valence-electron chi connectivity index (χ3n) is 5.02. The van der Waals surface area contributed by atoms with E-state index < -0.39 is 6.09 Å². The molecule has 0 saturated carbocycles. The van der Waals surface area contributed by atoms with Gasteiger partial charge in [0.2, 0.25) is 0 Å². The van der Waals surface area contributed by atoms with Crippen molar-refractivity contribution in [3.8, 4) is 11.1 Å². The first kappa shape index (κ1) is 17.9. The van der Waals surface area contributed by atoms with Gasteiger partial charge in [-0.1, -0.05) is 60.7 Å². The summed E-state index contributed by atoms with van der Waals surface area (Å²) in [5.41, 5.74) is 12.3. The number of aryl methyl sites for hydroxylation is 1. The van der Waals surface area contributed by atoms with Crippen LogP contribution in [0.4, 0.5) is 10.6 Å². The van der Waals surface area contributed by atoms with Gasteiger partial charge in [0, 0.05) is 23.7 Å². The third kappa shape index (κ3) is 3.36. The second-order valence-electron chi connectivity index (χ2n) is 6.76. The summed E-state index contributed by atoms with van der Waals surface area (Å²) in [6.07, 6.45) is 3.21. The van der Waals surface area contributed by atoms with Crippen molar-refractivity contribution in [1.82, 2.24) is 15.5 Å². The van der Waals surface area contributed by atoms with Crippen molar-refractivity contribution in [2.75, 3.05) is 18.9 Å². The molecule has 0 spiro atoms. The zero-order valence-corrected chi connectivity index (χ0v) is 15.6. The van der Waals surface area contributed by atoms with Crippen molar-refractivity contribution in [3.05, 3.63) is 77.0 Å². The lowest BCUT2D eigenvalue weighted by Gasteiger charge is -2.14. The van der Waals surface area contributed by atoms with Gasteiger partial charge in [-0.2, -0.15) is 5.10 Å². The Bertz CT molecular complexity index is 974. The van der Waals surface area contributed by atoms with E-state index in [-0.39, 0.29) is 5.92 Å². The van der Waals surface area contributed by atoms with Gasteiger partial charge in [-0.3, -0.25) is 5.10 Å². The number of aromatic nitrogens is 2. The Morgan fingerprint density at radius 2 is 1.82 bits per heavy atom. The molecule has 4 rings (SSSR count). The number of carbonyl (C=O) groups excluding carboxylic acids is 1. The molecule has 2 aromatic carbocycles. The molecule has 6 heteroatoms. The van der Waals surface area contributed by atoms with E-state index in [4.69, 9.17) is 10.5 Å². The number of ether oxygens (including phenoxy) is 1. The number of aromatic amines is 1. The Labute approximate surface area is 163 Å². The van der Waals surface area contributed by atoms with E-state index in [1.807, 2.05) is 43.3 Å². The van der Waals surface area contributed by atoms with Gasteiger partial charge in [0.15, 0.2) is 5.82 Å². The van der Waals surface area contributed by atoms with E-state index >= 15 is 0 Å². The Hall–Kier alpha value is -3.54. The molecule has 1 aliphatic rings. The predicted octanol–water partition coefficient (Wildman–Crippen LogP) is 3.85. The van der Waals surface area contributed by atoms with Crippen LogP contribution in [0.5, 0.6) is 0 Å². The van der Waals surface area contributed by atoms with Crippen molar-refractivity contribution in [3.63, 3.8) is 0 Å². The molecule has 1 amide bonds. The maximum atomic E-state index is 12.1. The topological polar surface area (TPSA) is 93.0 Å². The molecule has 0 radical (unpaired) electrons. The van der Waals surface area contributed by atoms with E-state index in [0.29, 0.717) is 19.0 Å². The number of hydrogen-bond donors (Lipinski definition) is 3. The lowest BCUT2D eigenvalue weighted by molar-refractivity contribution is 0.144. The van der Waals surface area contributed by atoms with E-state index in [9.17, 15) is 4.79 Å². The van der Waals surface area contributed by atoms with Gasteiger partial charge in [0.1, 0.15) is 6.61 Å². The Morgan fingerprint density at radius 3 is 2.43 bits per heavy atom. The van der Waals surface area contributed by atoms with Crippen LogP contribution in [0.25, 0.3) is 17.2 Å². The fourth-order valence-electron chi connectivity index (χ4n) is 3.64. The molecule has 28 heavy (non-hydrogen) atoms. The molecular weight excluding hydrogens is 352 g/mol. The molecule has 1 heterocycles. The van der Waals surface area contributed by atoms with Crippen LogP contribution in [0.15, 0.2) is 54.6 Å². The molecule has 1 aromatic heterocycles. The van der Waals surface area contributed by atoms with Crippen molar-refractivity contribution < 1.29 is 9.53 Å². The minimum atomic E-state index is -0.441. The quantitative estimate of drug-likeness (QED) is 0.632. The highest BCUT2D eigenvalue weighted by Gasteiger charge is 2.28. The van der Waals surface area contributed by atoms with Crippen molar-refractivity contribution in [2.24, 2.45) is 0 Å². The van der Waals surface area contributed by atoms with Gasteiger partial charge in [-0.15, -0.1) is 0 Å². The molecule has 0 fully saturated rings. The number of alkyl carbamates (subject to hydrolysis) is 1. The first-order valence-corrected chi connectivity index (χ1v) is 9.21. The summed E-state index contributed by atoms with van der Waals surface area (Å²) in [7, 11) is 0. The molecule has 4 N–H and O–H groups in total. The lowest BCUT2D eigenvalue weighted by Crippen LogP contribution is -2.26. The smallest absolute Gasteiger partial charge is 0.407 e. The summed E-state index contributed by atoms with van der Waals surface area (Å²) in [4.78, 5) is 12.1. The number of anilines is 1. The fourth-order valence-corrected chi connectivity index (χ4v) is 3.64. The molecule has 1 aliphatic carbocycles. The molecule has 0 unspecified atom stereocenters. The van der Waals surface area contributed by atoms with Gasteiger partial charge < -0.3 is 15.8 Å². The summed E-state index contributed by atoms with van der Waals surface area (Å²) in [6.45, 7) is 2.54. The van der Waals surface area contributed by atoms with Gasteiger partial charge in [-0.25, -0.2) is 4.79 Å². The number of nitrogen functional groups attached to an aromatic ring is 1. The summed E-state index contributed by atoms with van der Waals surface area (Å²) < 4.78 is 5.50. The molecule has 0 saturated heterocycles. The van der Waals surface area contributed by atoms with E-state index in [1.165, 1.54) is 22.3 Å². The standard InChI is InChI=1S/C22H22N4O2/c1-14-15(21(23)26-25-14)11-6-12-24-22(27)28-13-20-18-9-4-2-7-16(18)17-8-3-5-10-19(17)20/h2-11,20H,12-13H2,1H3,(H,24,27)(H3,23,25,26). The summed E-state index contributed by atoms with van der Waals surface area (Å²) in [5, 5.41) is 9.48. The second kappa shape index (κ2) is 7.60. The Morgan fingerprint density at radius 1 is 1.18 bits per heavy atom. The zero-order chi connectivity index (χ0) is 19.5. The summed E-state index contributed by atoms with van der Waals surface area (Å²) >= 11 is 0. The average Bonchev–Trinajstić information content (AvgIpc) is 3.21. The average molecular weight is 374 g/mol. The van der Waals surface area contributed by atoms with Gasteiger partial charge in [0.25, 0.3) is 0 Å². The molecule has 6 nitrogen and oxygen atoms in total. The third-order valence-corrected chi connectivity index (χ3v) is 5.02. The number of benzene rings is 2. The number of fused-ring (bicyclic) bond motifs is 3. The van der Waals surface area contributed by atoms with E-state index in [1.54, 1.807) is 0 Å². The number of hydrogen-bond acceptors (Lipinski definition) is 4. The highest BCUT2D eigenvalue weighted by molar-refractivity contribution is 5.79. The largest absolute Gasteiger partial charge is 0.449 e. The minimum Gasteiger partial charge on any atom is -0.449 e. The van der Waals surface area contributed by atoms with Crippen LogP contribution in [-0.2, 0) is 4.74 Å². The number of nitrogens with two attached hydrogens (primary N) is 1. The summed E-state index contributed by atoms with van der Waals surface area (Å²) in [6, 6.07) is 16.5. The van der Waals surface area contributed by atoms with Gasteiger partial charge in [-0.05, 0) is 29.2 Å². The summed E-state index contributed by atoms with van der Waals surface area (Å²) in [5.74, 6) is 0.497. The maximum Gasteiger partial charge on any atom is 0.407 e. The number of nitrogens with zero attached hydrogens (tertiary/aromatic N) is 1. The SMILES string of the molecule is Cc1[nH]nc(N)c1C=CCNC(=O)OCC1c2ccccc2-c2ccccc21. The maximum absolute atomic E-state index is 12.1. The van der Waals surface area contributed by atoms with Crippen molar-refractivity contribution in [1.29, 1.82) is 0 Å². The molecule has 0 aliphatic heterocycles. The number of H-pyrrole nitrogens is 1. The number of rotatable bonds is 5. The molecule has 0 atom stereocenters. The molecular formula is C22H22N4O2. The van der Waals surface area contributed by atoms with Crippen LogP contribution in [0.1, 0.15) is 28.3 Å². The Kier molecular flexibility index (Phi) is 4.85. The van der Waals surface area contributed by atoms with Crippen LogP contribution >= 0.6 is 0 Å². The monoisotopic (exact) mass is 374 g/mol. The van der Waals surface area contributed by atoms with Gasteiger partial charge in [0.05, 0.1) is 0 Å². The lowest BCUT2D eigenvalue weighted by atomic mass is 9.98. The molecule has 142 valence electrons. The fraction of sp³-hybridized carbons (Fsp3) is 0.182.